The van der Waals surface area contributed by atoms with Crippen molar-refractivity contribution in [3.63, 3.8) is 0 Å². The Labute approximate surface area is 118 Å². The van der Waals surface area contributed by atoms with E-state index in [0.29, 0.717) is 18.2 Å². The fourth-order valence-electron chi connectivity index (χ4n) is 1.62. The highest BCUT2D eigenvalue weighted by molar-refractivity contribution is 14.1. The van der Waals surface area contributed by atoms with E-state index < -0.39 is 15.2 Å². The van der Waals surface area contributed by atoms with Gasteiger partial charge in [-0.2, -0.15) is 11.8 Å². The van der Waals surface area contributed by atoms with Crippen LogP contribution in [0.1, 0.15) is 0 Å². The Hall–Kier alpha value is -0.0900. The minimum Gasteiger partial charge on any atom is -0.322 e. The van der Waals surface area contributed by atoms with Crippen molar-refractivity contribution in [2.24, 2.45) is 0 Å². The third-order valence-corrected chi connectivity index (χ3v) is 5.64. The van der Waals surface area contributed by atoms with Crippen LogP contribution in [0.2, 0.25) is 0 Å². The second kappa shape index (κ2) is 5.27. The summed E-state index contributed by atoms with van der Waals surface area (Å²) in [5, 5.41) is -0.513. The molecule has 0 aromatic carbocycles. The standard InChI is InChI=1S/C9H12IN3O2S2/c1-17(14,15)8-6-16-3-2-13(8)9-11-4-7(10)5-12-9/h4-5,8H,2-3,6H2,1H3. The minimum absolute atomic E-state index is 0.501. The molecule has 0 saturated carbocycles. The van der Waals surface area contributed by atoms with Crippen molar-refractivity contribution < 1.29 is 8.42 Å². The van der Waals surface area contributed by atoms with Crippen LogP contribution in [0.15, 0.2) is 12.4 Å². The maximum Gasteiger partial charge on any atom is 0.226 e. The molecule has 5 nitrogen and oxygen atoms in total. The lowest BCUT2D eigenvalue weighted by molar-refractivity contribution is 0.582. The van der Waals surface area contributed by atoms with E-state index in [9.17, 15) is 8.42 Å². The summed E-state index contributed by atoms with van der Waals surface area (Å²) in [5.74, 6) is 1.98. The van der Waals surface area contributed by atoms with E-state index in [2.05, 4.69) is 32.6 Å². The van der Waals surface area contributed by atoms with E-state index in [1.807, 2.05) is 0 Å². The van der Waals surface area contributed by atoms with Gasteiger partial charge in [0.2, 0.25) is 5.95 Å². The van der Waals surface area contributed by atoms with Crippen molar-refractivity contribution in [3.05, 3.63) is 16.0 Å². The first-order valence-electron chi connectivity index (χ1n) is 4.99. The second-order valence-corrected chi connectivity index (χ2v) is 8.35. The van der Waals surface area contributed by atoms with Gasteiger partial charge in [-0.3, -0.25) is 0 Å². The Morgan fingerprint density at radius 1 is 1.47 bits per heavy atom. The molecular weight excluding hydrogens is 373 g/mol. The number of hydrogen-bond donors (Lipinski definition) is 0. The molecule has 0 amide bonds. The second-order valence-electron chi connectivity index (χ2n) is 3.75. The Morgan fingerprint density at radius 3 is 2.71 bits per heavy atom. The van der Waals surface area contributed by atoms with E-state index in [4.69, 9.17) is 0 Å². The molecule has 94 valence electrons. The Bertz CT molecular complexity index is 491. The molecule has 0 radical (unpaired) electrons. The number of thioether (sulfide) groups is 1. The smallest absolute Gasteiger partial charge is 0.226 e. The zero-order chi connectivity index (χ0) is 12.5. The molecule has 1 saturated heterocycles. The summed E-state index contributed by atoms with van der Waals surface area (Å²) in [5.41, 5.74) is 0. The summed E-state index contributed by atoms with van der Waals surface area (Å²) < 4.78 is 24.4. The molecule has 2 heterocycles. The summed E-state index contributed by atoms with van der Waals surface area (Å²) in [6.45, 7) is 0.670. The largest absolute Gasteiger partial charge is 0.322 e. The molecule has 0 N–H and O–H groups in total. The van der Waals surface area contributed by atoms with Gasteiger partial charge >= 0.3 is 0 Å². The van der Waals surface area contributed by atoms with Crippen LogP contribution in [0.3, 0.4) is 0 Å². The number of aromatic nitrogens is 2. The first-order valence-corrected chi connectivity index (χ1v) is 9.18. The zero-order valence-corrected chi connectivity index (χ0v) is 13.0. The number of nitrogens with zero attached hydrogens (tertiary/aromatic N) is 3. The summed E-state index contributed by atoms with van der Waals surface area (Å²) >= 11 is 3.78. The van der Waals surface area contributed by atoms with E-state index in [1.165, 1.54) is 6.26 Å². The fraction of sp³-hybridized carbons (Fsp3) is 0.556. The fourth-order valence-corrected chi connectivity index (χ4v) is 4.71. The molecule has 1 atom stereocenters. The summed E-state index contributed by atoms with van der Waals surface area (Å²) in [7, 11) is -3.11. The van der Waals surface area contributed by atoms with Crippen LogP contribution in [0.25, 0.3) is 0 Å². The average Bonchev–Trinajstić information content (AvgIpc) is 2.29. The van der Waals surface area contributed by atoms with Crippen LogP contribution in [-0.4, -0.2) is 48.1 Å². The SMILES string of the molecule is CS(=O)(=O)C1CSCCN1c1ncc(I)cn1. The van der Waals surface area contributed by atoms with Gasteiger partial charge in [0.05, 0.1) is 0 Å². The maximum absolute atomic E-state index is 11.7. The lowest BCUT2D eigenvalue weighted by Gasteiger charge is -2.33. The first-order chi connectivity index (χ1) is 7.98. The van der Waals surface area contributed by atoms with E-state index in [0.717, 1.165) is 9.32 Å². The highest BCUT2D eigenvalue weighted by Crippen LogP contribution is 2.23. The Morgan fingerprint density at radius 2 is 2.12 bits per heavy atom. The Kier molecular flexibility index (Phi) is 4.14. The van der Waals surface area contributed by atoms with Crippen molar-refractivity contribution in [2.45, 2.75) is 5.37 Å². The van der Waals surface area contributed by atoms with Crippen LogP contribution >= 0.6 is 34.4 Å². The van der Waals surface area contributed by atoms with Gasteiger partial charge < -0.3 is 4.90 Å². The quantitative estimate of drug-likeness (QED) is 0.709. The highest BCUT2D eigenvalue weighted by Gasteiger charge is 2.32. The number of hydrogen-bond acceptors (Lipinski definition) is 6. The third kappa shape index (κ3) is 3.22. The van der Waals surface area contributed by atoms with Crippen LogP contribution < -0.4 is 4.90 Å². The average molecular weight is 385 g/mol. The van der Waals surface area contributed by atoms with Gasteiger partial charge in [-0.15, -0.1) is 0 Å². The predicted octanol–water partition coefficient (Wildman–Crippen LogP) is 1.01. The molecule has 8 heteroatoms. The molecule has 1 aliphatic rings. The van der Waals surface area contributed by atoms with Crippen molar-refractivity contribution in [1.29, 1.82) is 0 Å². The molecule has 1 aliphatic heterocycles. The van der Waals surface area contributed by atoms with Gasteiger partial charge in [0.1, 0.15) is 5.37 Å². The molecule has 2 rings (SSSR count). The van der Waals surface area contributed by atoms with Crippen LogP contribution in [0.4, 0.5) is 5.95 Å². The van der Waals surface area contributed by atoms with Crippen molar-refractivity contribution >= 4 is 50.1 Å². The molecule has 0 bridgehead atoms. The van der Waals surface area contributed by atoms with E-state index >= 15 is 0 Å². The number of halogens is 1. The maximum atomic E-state index is 11.7. The van der Waals surface area contributed by atoms with Gasteiger partial charge in [-0.05, 0) is 22.6 Å². The topological polar surface area (TPSA) is 63.2 Å². The van der Waals surface area contributed by atoms with Crippen LogP contribution in [0, 0.1) is 3.57 Å². The van der Waals surface area contributed by atoms with Gasteiger partial charge in [0.25, 0.3) is 0 Å². The minimum atomic E-state index is -3.11. The van der Waals surface area contributed by atoms with Gasteiger partial charge in [-0.1, -0.05) is 0 Å². The number of anilines is 1. The molecule has 1 aromatic heterocycles. The summed E-state index contributed by atoms with van der Waals surface area (Å²) in [6, 6.07) is 0. The molecule has 1 fully saturated rings. The van der Waals surface area contributed by atoms with Gasteiger partial charge in [0.15, 0.2) is 9.84 Å². The van der Waals surface area contributed by atoms with Crippen molar-refractivity contribution in [2.75, 3.05) is 29.2 Å². The Balaban J connectivity index is 2.31. The number of rotatable bonds is 2. The van der Waals surface area contributed by atoms with Gasteiger partial charge in [-0.25, -0.2) is 18.4 Å². The third-order valence-electron chi connectivity index (χ3n) is 2.44. The molecule has 1 unspecified atom stereocenters. The summed E-state index contributed by atoms with van der Waals surface area (Å²) in [4.78, 5) is 10.2. The highest BCUT2D eigenvalue weighted by atomic mass is 127. The van der Waals surface area contributed by atoms with E-state index in [1.54, 1.807) is 29.1 Å². The molecule has 17 heavy (non-hydrogen) atoms. The van der Waals surface area contributed by atoms with Crippen LogP contribution in [0.5, 0.6) is 0 Å². The van der Waals surface area contributed by atoms with Crippen molar-refractivity contribution in [3.8, 4) is 0 Å². The number of sulfone groups is 1. The molecule has 0 aliphatic carbocycles. The first kappa shape index (κ1) is 13.3. The lowest BCUT2D eigenvalue weighted by Crippen LogP contribution is -2.47. The molecular formula is C9H12IN3O2S2. The molecule has 1 aromatic rings. The monoisotopic (exact) mass is 385 g/mol. The van der Waals surface area contributed by atoms with E-state index in [-0.39, 0.29) is 0 Å². The normalized spacial score (nSPS) is 21.5. The van der Waals surface area contributed by atoms with Crippen LogP contribution in [-0.2, 0) is 9.84 Å². The zero-order valence-electron chi connectivity index (χ0n) is 9.21. The molecule has 0 spiro atoms. The van der Waals surface area contributed by atoms with Crippen molar-refractivity contribution in [1.82, 2.24) is 9.97 Å². The lowest BCUT2D eigenvalue weighted by atomic mass is 10.5. The summed E-state index contributed by atoms with van der Waals surface area (Å²) in [6.07, 6.45) is 4.66. The predicted molar refractivity (Wildman–Crippen MR) is 78.1 cm³/mol. The van der Waals surface area contributed by atoms with Gasteiger partial charge in [0, 0.05) is 40.3 Å².